The third-order valence-corrected chi connectivity index (χ3v) is 7.63. The van der Waals surface area contributed by atoms with Crippen molar-refractivity contribution in [2.24, 2.45) is 4.99 Å². The van der Waals surface area contributed by atoms with Gasteiger partial charge in [0.2, 0.25) is 0 Å². The number of nitrogens with zero attached hydrogens (tertiary/aromatic N) is 2. The third kappa shape index (κ3) is 5.64. The summed E-state index contributed by atoms with van der Waals surface area (Å²) < 4.78 is 24.1. The Kier molecular flexibility index (Phi) is 8.68. The molecule has 0 radical (unpaired) electrons. The van der Waals surface area contributed by atoms with Crippen molar-refractivity contribution in [1.82, 2.24) is 4.57 Å². The fourth-order valence-corrected chi connectivity index (χ4v) is 5.74. The number of thiazole rings is 1. The van der Waals surface area contributed by atoms with E-state index in [1.165, 1.54) is 11.3 Å². The van der Waals surface area contributed by atoms with E-state index >= 15 is 0 Å². The smallest absolute Gasteiger partial charge is 0.338 e. The van der Waals surface area contributed by atoms with Gasteiger partial charge in [0.15, 0.2) is 16.3 Å². The molecule has 0 N–H and O–H groups in total. The van der Waals surface area contributed by atoms with Gasteiger partial charge in [-0.2, -0.15) is 0 Å². The number of benzene rings is 3. The number of aromatic nitrogens is 1. The lowest BCUT2D eigenvalue weighted by Crippen LogP contribution is -2.40. The van der Waals surface area contributed by atoms with E-state index in [0.717, 1.165) is 16.7 Å². The minimum absolute atomic E-state index is 0.179. The van der Waals surface area contributed by atoms with Crippen LogP contribution in [-0.4, -0.2) is 38.0 Å². The number of fused-ring (bicyclic) bond motifs is 1. The molecule has 0 aliphatic carbocycles. The highest BCUT2D eigenvalue weighted by atomic mass is 32.1. The summed E-state index contributed by atoms with van der Waals surface area (Å²) in [7, 11) is 3.15. The predicted octanol–water partition coefficient (Wildman–Crippen LogP) is 4.52. The first-order valence-electron chi connectivity index (χ1n) is 13.3. The quantitative estimate of drug-likeness (QED) is 0.202. The van der Waals surface area contributed by atoms with E-state index in [-0.39, 0.29) is 17.7 Å². The van der Waals surface area contributed by atoms with Crippen molar-refractivity contribution in [3.8, 4) is 17.2 Å². The van der Waals surface area contributed by atoms with Gasteiger partial charge in [-0.1, -0.05) is 72.5 Å². The molecule has 0 bridgehead atoms. The molecule has 2 heterocycles. The lowest BCUT2D eigenvalue weighted by molar-refractivity contribution is -0.138. The van der Waals surface area contributed by atoms with Crippen molar-refractivity contribution in [1.29, 1.82) is 0 Å². The van der Waals surface area contributed by atoms with Crippen LogP contribution in [0.25, 0.3) is 11.8 Å². The van der Waals surface area contributed by atoms with Crippen LogP contribution in [0.4, 0.5) is 0 Å². The van der Waals surface area contributed by atoms with E-state index in [2.05, 4.69) is 6.58 Å². The standard InChI is InChI=1S/C33H30N2O6S/c1-5-18-41-25-17-12-21(19-26(25)39-4)20-27-31(36)35-30(23-13-15-24(38-3)16-14-23)28(32(37)40-6-2)29(34-33(35)42-27)22-10-8-7-9-11-22/h5,7-17,19-20,30H,1,6,18H2,2-4H3/b27-20-/t30-/m0/s1. The fraction of sp³-hybridized carbons (Fsp3) is 0.182. The summed E-state index contributed by atoms with van der Waals surface area (Å²) in [6, 6.07) is 21.4. The molecule has 0 spiro atoms. The molecule has 5 rings (SSSR count). The number of ether oxygens (including phenoxy) is 4. The van der Waals surface area contributed by atoms with E-state index < -0.39 is 12.0 Å². The molecule has 0 fully saturated rings. The highest BCUT2D eigenvalue weighted by Crippen LogP contribution is 2.36. The molecular formula is C33H30N2O6S. The van der Waals surface area contributed by atoms with Gasteiger partial charge >= 0.3 is 5.97 Å². The molecule has 8 nitrogen and oxygen atoms in total. The first kappa shape index (κ1) is 28.6. The highest BCUT2D eigenvalue weighted by molar-refractivity contribution is 7.07. The van der Waals surface area contributed by atoms with Crippen LogP contribution < -0.4 is 29.1 Å². The average Bonchev–Trinajstić information content (AvgIpc) is 3.34. The molecule has 4 aromatic rings. The molecule has 1 aliphatic rings. The van der Waals surface area contributed by atoms with Gasteiger partial charge < -0.3 is 18.9 Å². The minimum Gasteiger partial charge on any atom is -0.497 e. The summed E-state index contributed by atoms with van der Waals surface area (Å²) >= 11 is 1.25. The molecule has 1 aromatic heterocycles. The van der Waals surface area contributed by atoms with Gasteiger partial charge in [0.05, 0.1) is 42.7 Å². The lowest BCUT2D eigenvalue weighted by Gasteiger charge is -2.26. The lowest BCUT2D eigenvalue weighted by atomic mass is 9.93. The van der Waals surface area contributed by atoms with Crippen LogP contribution in [0.15, 0.2) is 101 Å². The van der Waals surface area contributed by atoms with Gasteiger partial charge in [-0.15, -0.1) is 0 Å². The van der Waals surface area contributed by atoms with Crippen LogP contribution in [0, 0.1) is 0 Å². The van der Waals surface area contributed by atoms with Crippen molar-refractivity contribution >= 4 is 29.1 Å². The molecule has 1 aliphatic heterocycles. The minimum atomic E-state index is -0.771. The van der Waals surface area contributed by atoms with Crippen LogP contribution in [-0.2, 0) is 9.53 Å². The summed E-state index contributed by atoms with van der Waals surface area (Å²) in [6.07, 6.45) is 3.44. The Bertz CT molecular complexity index is 1820. The molecule has 0 saturated heterocycles. The number of carbonyl (C=O) groups is 1. The number of esters is 1. The van der Waals surface area contributed by atoms with Crippen molar-refractivity contribution in [3.05, 3.63) is 127 Å². The highest BCUT2D eigenvalue weighted by Gasteiger charge is 2.35. The van der Waals surface area contributed by atoms with Gasteiger partial charge in [-0.3, -0.25) is 9.36 Å². The Hall–Kier alpha value is -4.89. The zero-order valence-electron chi connectivity index (χ0n) is 23.5. The van der Waals surface area contributed by atoms with Crippen molar-refractivity contribution in [3.63, 3.8) is 0 Å². The fourth-order valence-electron chi connectivity index (χ4n) is 4.74. The van der Waals surface area contributed by atoms with Crippen LogP contribution in [0.3, 0.4) is 0 Å². The van der Waals surface area contributed by atoms with Crippen LogP contribution in [0.5, 0.6) is 17.2 Å². The molecule has 42 heavy (non-hydrogen) atoms. The zero-order chi connectivity index (χ0) is 29.6. The van der Waals surface area contributed by atoms with Crippen molar-refractivity contribution in [2.45, 2.75) is 13.0 Å². The SMILES string of the molecule is C=CCOc1ccc(/C=c2\sc3n(c2=O)[C@@H](c2ccc(OC)cc2)C(C(=O)OCC)=C(c2ccccc2)N=3)cc1OC. The van der Waals surface area contributed by atoms with E-state index in [1.54, 1.807) is 62.1 Å². The Morgan fingerprint density at radius 3 is 2.45 bits per heavy atom. The first-order chi connectivity index (χ1) is 20.5. The van der Waals surface area contributed by atoms with E-state index in [9.17, 15) is 9.59 Å². The average molecular weight is 583 g/mol. The van der Waals surface area contributed by atoms with Gasteiger partial charge in [0.25, 0.3) is 5.56 Å². The van der Waals surface area contributed by atoms with E-state index in [4.69, 9.17) is 23.9 Å². The van der Waals surface area contributed by atoms with Gasteiger partial charge in [-0.25, -0.2) is 9.79 Å². The maximum Gasteiger partial charge on any atom is 0.338 e. The van der Waals surface area contributed by atoms with E-state index in [0.29, 0.717) is 38.9 Å². The summed E-state index contributed by atoms with van der Waals surface area (Å²) in [5, 5.41) is 0. The summed E-state index contributed by atoms with van der Waals surface area (Å²) in [6.45, 7) is 5.95. The maximum absolute atomic E-state index is 14.1. The summed E-state index contributed by atoms with van der Waals surface area (Å²) in [5.74, 6) is 1.23. The third-order valence-electron chi connectivity index (χ3n) is 6.65. The monoisotopic (exact) mass is 582 g/mol. The first-order valence-corrected chi connectivity index (χ1v) is 14.1. The molecule has 214 valence electrons. The number of hydrogen-bond acceptors (Lipinski definition) is 8. The largest absolute Gasteiger partial charge is 0.497 e. The molecule has 0 amide bonds. The number of hydrogen-bond donors (Lipinski definition) is 0. The van der Waals surface area contributed by atoms with E-state index in [1.807, 2.05) is 48.5 Å². The van der Waals surface area contributed by atoms with Crippen LogP contribution >= 0.6 is 11.3 Å². The normalized spacial score (nSPS) is 14.5. The Labute approximate surface area is 247 Å². The van der Waals surface area contributed by atoms with Gasteiger partial charge in [-0.05, 0) is 48.4 Å². The van der Waals surface area contributed by atoms with Crippen molar-refractivity contribution < 1.29 is 23.7 Å². The molecule has 1 atom stereocenters. The maximum atomic E-state index is 14.1. The van der Waals surface area contributed by atoms with Gasteiger partial charge in [0.1, 0.15) is 12.4 Å². The molecule has 0 unspecified atom stereocenters. The van der Waals surface area contributed by atoms with Crippen LogP contribution in [0.2, 0.25) is 0 Å². The second kappa shape index (κ2) is 12.7. The van der Waals surface area contributed by atoms with Gasteiger partial charge in [0, 0.05) is 5.56 Å². The summed E-state index contributed by atoms with van der Waals surface area (Å²) in [5.41, 5.74) is 2.69. The van der Waals surface area contributed by atoms with Crippen molar-refractivity contribution in [2.75, 3.05) is 27.4 Å². The summed E-state index contributed by atoms with van der Waals surface area (Å²) in [4.78, 5) is 33.0. The topological polar surface area (TPSA) is 88.4 Å². The predicted molar refractivity (Wildman–Crippen MR) is 163 cm³/mol. The second-order valence-electron chi connectivity index (χ2n) is 9.21. The number of rotatable bonds is 10. The molecule has 3 aromatic carbocycles. The Morgan fingerprint density at radius 2 is 1.79 bits per heavy atom. The second-order valence-corrected chi connectivity index (χ2v) is 10.2. The Morgan fingerprint density at radius 1 is 1.02 bits per heavy atom. The molecular weight excluding hydrogens is 552 g/mol. The molecule has 9 heteroatoms. The number of carbonyl (C=O) groups excluding carboxylic acids is 1. The molecule has 0 saturated carbocycles. The Balaban J connectivity index is 1.75. The van der Waals surface area contributed by atoms with Crippen LogP contribution in [0.1, 0.15) is 29.7 Å². The zero-order valence-corrected chi connectivity index (χ0v) is 24.4. The number of methoxy groups -OCH3 is 2.